The van der Waals surface area contributed by atoms with Crippen LogP contribution in [0.1, 0.15) is 46.0 Å². The number of hydrogen-bond donors (Lipinski definition) is 2. The van der Waals surface area contributed by atoms with Crippen LogP contribution in [0.15, 0.2) is 97.1 Å². The Kier molecular flexibility index (Phi) is 9.53. The van der Waals surface area contributed by atoms with Crippen molar-refractivity contribution in [1.29, 1.82) is 0 Å². The van der Waals surface area contributed by atoms with Crippen LogP contribution in [-0.4, -0.2) is 62.0 Å². The van der Waals surface area contributed by atoms with Crippen LogP contribution in [0.2, 0.25) is 18.6 Å². The molecular weight excluding hydrogens is 678 g/mol. The highest BCUT2D eigenvalue weighted by atomic mass is 28.4. The molecule has 3 amide bonds. The topological polar surface area (TPSA) is 108 Å². The van der Waals surface area contributed by atoms with Crippen molar-refractivity contribution in [2.75, 3.05) is 23.9 Å². The standard InChI is InChI=1S/C41H44FN3O6Si/c1-26-38(52(3,4)42)36(22-37(47)44-24-30-12-6-5-11-29(30)21-32(44)25-46)51-41(26)34-14-7-8-15-35(34)45(40(41)49)23-27-10-9-13-31(20-27)43-39(48)28-16-18-33(50-2)19-17-28/h5-20,26,32,36,38,46H,21-25H2,1-4H3,(H,43,48)/t26-,32-,36+,38-,41+/m0/s1. The number of hydrogen-bond acceptors (Lipinski definition) is 6. The number of amides is 3. The van der Waals surface area contributed by atoms with E-state index in [9.17, 15) is 19.5 Å². The molecule has 1 spiro atoms. The summed E-state index contributed by atoms with van der Waals surface area (Å²) in [6, 6.07) is 29.1. The monoisotopic (exact) mass is 721 g/mol. The van der Waals surface area contributed by atoms with Crippen molar-refractivity contribution in [2.45, 2.75) is 69.2 Å². The number of methoxy groups -OCH3 is 1. The summed E-state index contributed by atoms with van der Waals surface area (Å²) in [5.74, 6) is -0.709. The molecule has 52 heavy (non-hydrogen) atoms. The van der Waals surface area contributed by atoms with E-state index in [2.05, 4.69) is 5.32 Å². The van der Waals surface area contributed by atoms with Gasteiger partial charge in [0.2, 0.25) is 14.3 Å². The summed E-state index contributed by atoms with van der Waals surface area (Å²) >= 11 is 0. The van der Waals surface area contributed by atoms with E-state index in [1.165, 1.54) is 0 Å². The summed E-state index contributed by atoms with van der Waals surface area (Å²) in [5.41, 5.74) is 3.16. The third-order valence-corrected chi connectivity index (χ3v) is 13.5. The number of para-hydroxylation sites is 1. The highest BCUT2D eigenvalue weighted by Gasteiger charge is 2.67. The minimum atomic E-state index is -3.51. The van der Waals surface area contributed by atoms with Crippen molar-refractivity contribution in [3.8, 4) is 5.75 Å². The number of halogens is 1. The van der Waals surface area contributed by atoms with Gasteiger partial charge >= 0.3 is 0 Å². The van der Waals surface area contributed by atoms with Crippen LogP contribution in [0.25, 0.3) is 0 Å². The minimum Gasteiger partial charge on any atom is -0.497 e. The fourth-order valence-electron chi connectivity index (χ4n) is 8.57. The Morgan fingerprint density at radius 2 is 1.71 bits per heavy atom. The van der Waals surface area contributed by atoms with E-state index in [-0.39, 0.29) is 37.3 Å². The number of nitrogens with zero attached hydrogens (tertiary/aromatic N) is 2. The zero-order valence-corrected chi connectivity index (χ0v) is 30.8. The van der Waals surface area contributed by atoms with E-state index >= 15 is 4.11 Å². The van der Waals surface area contributed by atoms with Gasteiger partial charge in [0.15, 0.2) is 5.60 Å². The lowest BCUT2D eigenvalue weighted by molar-refractivity contribution is -0.151. The molecule has 2 N–H and O–H groups in total. The van der Waals surface area contributed by atoms with E-state index in [0.29, 0.717) is 41.2 Å². The molecule has 1 saturated heterocycles. The first-order valence-electron chi connectivity index (χ1n) is 17.7. The number of aliphatic hydroxyl groups is 1. The van der Waals surface area contributed by atoms with Gasteiger partial charge in [-0.25, -0.2) is 0 Å². The molecule has 0 bridgehead atoms. The molecular formula is C41H44FN3O6Si. The lowest BCUT2D eigenvalue weighted by Crippen LogP contribution is -2.48. The summed E-state index contributed by atoms with van der Waals surface area (Å²) in [7, 11) is -1.94. The zero-order valence-electron chi connectivity index (χ0n) is 29.8. The zero-order chi connectivity index (χ0) is 36.8. The fourth-order valence-corrected chi connectivity index (χ4v) is 11.1. The third-order valence-electron chi connectivity index (χ3n) is 11.0. The van der Waals surface area contributed by atoms with Crippen LogP contribution >= 0.6 is 0 Å². The molecule has 0 saturated carbocycles. The van der Waals surface area contributed by atoms with Gasteiger partial charge in [-0.3, -0.25) is 14.4 Å². The summed E-state index contributed by atoms with van der Waals surface area (Å²) in [6.45, 7) is 5.48. The number of fused-ring (bicyclic) bond motifs is 3. The summed E-state index contributed by atoms with van der Waals surface area (Å²) in [6.07, 6.45) is -0.398. The Morgan fingerprint density at radius 1 is 1.00 bits per heavy atom. The van der Waals surface area contributed by atoms with Crippen molar-refractivity contribution in [1.82, 2.24) is 4.90 Å². The molecule has 0 aromatic heterocycles. The van der Waals surface area contributed by atoms with Crippen LogP contribution < -0.4 is 15.0 Å². The fraction of sp³-hybridized carbons (Fsp3) is 0.341. The molecule has 4 aromatic rings. The first-order valence-corrected chi connectivity index (χ1v) is 20.7. The SMILES string of the molecule is COc1ccc(C(=O)Nc2cccc(CN3C(=O)[C@]4(O[C@H](CC(=O)N5Cc6ccccc6C[C@H]5CO)[C@@H]([Si](C)(C)F)[C@@H]4C)c4ccccc43)c2)cc1. The van der Waals surface area contributed by atoms with E-state index in [1.807, 2.05) is 73.7 Å². The smallest absolute Gasteiger partial charge is 0.264 e. The quantitative estimate of drug-likeness (QED) is 0.149. The predicted octanol–water partition coefficient (Wildman–Crippen LogP) is 6.61. The van der Waals surface area contributed by atoms with Crippen LogP contribution in [-0.2, 0) is 39.4 Å². The normalized spacial score (nSPS) is 23.8. The van der Waals surface area contributed by atoms with Crippen LogP contribution in [0.5, 0.6) is 5.75 Å². The first kappa shape index (κ1) is 35.6. The molecule has 3 heterocycles. The third kappa shape index (κ3) is 6.31. The first-order chi connectivity index (χ1) is 24.9. The molecule has 9 nitrogen and oxygen atoms in total. The van der Waals surface area contributed by atoms with Crippen LogP contribution in [0, 0.1) is 5.92 Å². The molecule has 11 heteroatoms. The van der Waals surface area contributed by atoms with Gasteiger partial charge in [0.25, 0.3) is 11.8 Å². The lowest BCUT2D eigenvalue weighted by Gasteiger charge is -2.37. The van der Waals surface area contributed by atoms with Crippen molar-refractivity contribution < 1.29 is 33.1 Å². The molecule has 4 aromatic carbocycles. The molecule has 0 aliphatic carbocycles. The Labute approximate surface area is 304 Å². The largest absolute Gasteiger partial charge is 0.497 e. The molecule has 3 aliphatic heterocycles. The number of benzene rings is 4. The van der Waals surface area contributed by atoms with Gasteiger partial charge in [-0.15, -0.1) is 0 Å². The highest BCUT2D eigenvalue weighted by molar-refractivity contribution is 6.72. The number of rotatable bonds is 9. The average Bonchev–Trinajstić information content (AvgIpc) is 3.57. The maximum atomic E-state index is 16.4. The minimum absolute atomic E-state index is 0.0961. The van der Waals surface area contributed by atoms with Crippen molar-refractivity contribution in [2.24, 2.45) is 5.92 Å². The molecule has 0 radical (unpaired) electrons. The molecule has 7 rings (SSSR count). The van der Waals surface area contributed by atoms with Gasteiger partial charge in [-0.1, -0.05) is 61.5 Å². The second kappa shape index (κ2) is 13.9. The van der Waals surface area contributed by atoms with E-state index < -0.39 is 37.6 Å². The lowest BCUT2D eigenvalue weighted by atomic mass is 9.82. The van der Waals surface area contributed by atoms with Gasteiger partial charge in [-0.05, 0) is 78.7 Å². The van der Waals surface area contributed by atoms with Gasteiger partial charge < -0.3 is 33.8 Å². The van der Waals surface area contributed by atoms with Crippen LogP contribution in [0.3, 0.4) is 0 Å². The number of carbonyl (C=O) groups excluding carboxylic acids is 3. The summed E-state index contributed by atoms with van der Waals surface area (Å²) in [4.78, 5) is 45.3. The van der Waals surface area contributed by atoms with Crippen molar-refractivity contribution in [3.63, 3.8) is 0 Å². The van der Waals surface area contributed by atoms with Gasteiger partial charge in [-0.2, -0.15) is 0 Å². The summed E-state index contributed by atoms with van der Waals surface area (Å²) in [5, 5.41) is 13.2. The predicted molar refractivity (Wildman–Crippen MR) is 199 cm³/mol. The molecule has 3 aliphatic rings. The van der Waals surface area contributed by atoms with E-state index in [1.54, 1.807) is 60.3 Å². The van der Waals surface area contributed by atoms with Gasteiger partial charge in [0.1, 0.15) is 5.75 Å². The van der Waals surface area contributed by atoms with Crippen molar-refractivity contribution >= 4 is 37.5 Å². The Hall–Kier alpha value is -4.84. The van der Waals surface area contributed by atoms with Crippen molar-refractivity contribution in [3.05, 3.63) is 125 Å². The molecule has 5 atom stereocenters. The van der Waals surface area contributed by atoms with Crippen LogP contribution in [0.4, 0.5) is 15.5 Å². The Morgan fingerprint density at radius 3 is 2.42 bits per heavy atom. The Bertz CT molecular complexity index is 2000. The second-order valence-electron chi connectivity index (χ2n) is 14.6. The summed E-state index contributed by atoms with van der Waals surface area (Å²) < 4.78 is 28.5. The molecule has 270 valence electrons. The molecule has 0 unspecified atom stereocenters. The number of carbonyl (C=O) groups is 3. The highest BCUT2D eigenvalue weighted by Crippen LogP contribution is 2.60. The average molecular weight is 722 g/mol. The Balaban J connectivity index is 1.15. The number of ether oxygens (including phenoxy) is 2. The number of aliphatic hydroxyl groups excluding tert-OH is 1. The second-order valence-corrected chi connectivity index (χ2v) is 18.4. The van der Waals surface area contributed by atoms with Gasteiger partial charge in [0, 0.05) is 34.8 Å². The number of anilines is 2. The maximum Gasteiger partial charge on any atom is 0.264 e. The van der Waals surface area contributed by atoms with E-state index in [4.69, 9.17) is 9.47 Å². The molecule has 1 fully saturated rings. The maximum absolute atomic E-state index is 16.4. The van der Waals surface area contributed by atoms with Gasteiger partial charge in [0.05, 0.1) is 44.5 Å². The number of nitrogens with one attached hydrogen (secondary N) is 1. The van der Waals surface area contributed by atoms with E-state index in [0.717, 1.165) is 16.7 Å².